The summed E-state index contributed by atoms with van der Waals surface area (Å²) >= 11 is 0. The molecule has 0 aliphatic heterocycles. The molecule has 0 unspecified atom stereocenters. The largest absolute Gasteiger partial charge is 0.478 e. The van der Waals surface area contributed by atoms with E-state index in [2.05, 4.69) is 15.1 Å². The maximum Gasteiger partial charge on any atom is 0.335 e. The fourth-order valence-electron chi connectivity index (χ4n) is 1.80. The number of aromatic nitrogens is 3. The van der Waals surface area contributed by atoms with E-state index in [9.17, 15) is 4.79 Å². The standard InChI is InChI=1S/C15H11N3O4/c1-9-17-14(22-18-9)11-6-7-16-13(8-11)21-12-4-2-10(3-5-12)15(19)20/h2-8H,1H3,(H,19,20). The van der Waals surface area contributed by atoms with E-state index >= 15 is 0 Å². The van der Waals surface area contributed by atoms with Gasteiger partial charge in [-0.25, -0.2) is 9.78 Å². The number of aromatic carboxylic acids is 1. The zero-order chi connectivity index (χ0) is 15.5. The van der Waals surface area contributed by atoms with Crippen LogP contribution in [-0.2, 0) is 0 Å². The lowest BCUT2D eigenvalue weighted by atomic mass is 10.2. The molecule has 3 aromatic rings. The predicted octanol–water partition coefficient (Wildman–Crippen LogP) is 2.93. The first-order valence-electron chi connectivity index (χ1n) is 6.40. The van der Waals surface area contributed by atoms with Gasteiger partial charge in [-0.15, -0.1) is 0 Å². The number of hydrogen-bond acceptors (Lipinski definition) is 6. The van der Waals surface area contributed by atoms with Gasteiger partial charge in [0, 0.05) is 17.8 Å². The van der Waals surface area contributed by atoms with Crippen LogP contribution in [0.2, 0.25) is 0 Å². The highest BCUT2D eigenvalue weighted by molar-refractivity contribution is 5.87. The van der Waals surface area contributed by atoms with Gasteiger partial charge in [-0.3, -0.25) is 0 Å². The van der Waals surface area contributed by atoms with Gasteiger partial charge in [-0.1, -0.05) is 5.16 Å². The molecule has 110 valence electrons. The maximum atomic E-state index is 10.8. The Morgan fingerprint density at radius 1 is 1.23 bits per heavy atom. The summed E-state index contributed by atoms with van der Waals surface area (Å²) in [6.07, 6.45) is 1.57. The van der Waals surface area contributed by atoms with Gasteiger partial charge in [0.2, 0.25) is 5.88 Å². The summed E-state index contributed by atoms with van der Waals surface area (Å²) in [6.45, 7) is 1.73. The average Bonchev–Trinajstić information content (AvgIpc) is 2.95. The molecule has 0 amide bonds. The van der Waals surface area contributed by atoms with Gasteiger partial charge in [0.05, 0.1) is 5.56 Å². The Balaban J connectivity index is 1.82. The highest BCUT2D eigenvalue weighted by Crippen LogP contribution is 2.24. The van der Waals surface area contributed by atoms with Crippen molar-refractivity contribution in [2.24, 2.45) is 0 Å². The summed E-state index contributed by atoms with van der Waals surface area (Å²) in [5.74, 6) is 0.760. The van der Waals surface area contributed by atoms with Gasteiger partial charge < -0.3 is 14.4 Å². The molecule has 0 bridgehead atoms. The lowest BCUT2D eigenvalue weighted by molar-refractivity contribution is 0.0697. The van der Waals surface area contributed by atoms with Crippen LogP contribution in [0.1, 0.15) is 16.2 Å². The number of aryl methyl sites for hydroxylation is 1. The van der Waals surface area contributed by atoms with Crippen LogP contribution < -0.4 is 4.74 Å². The van der Waals surface area contributed by atoms with Crippen LogP contribution in [0.25, 0.3) is 11.5 Å². The van der Waals surface area contributed by atoms with Crippen LogP contribution in [0.15, 0.2) is 47.1 Å². The minimum absolute atomic E-state index is 0.190. The maximum absolute atomic E-state index is 10.8. The molecule has 0 aliphatic rings. The monoisotopic (exact) mass is 297 g/mol. The Hall–Kier alpha value is -3.22. The van der Waals surface area contributed by atoms with Crippen LogP contribution in [0.5, 0.6) is 11.6 Å². The van der Waals surface area contributed by atoms with E-state index in [0.29, 0.717) is 28.9 Å². The summed E-state index contributed by atoms with van der Waals surface area (Å²) in [5, 5.41) is 12.6. The van der Waals surface area contributed by atoms with E-state index in [-0.39, 0.29) is 5.56 Å². The molecular weight excluding hydrogens is 286 g/mol. The molecule has 0 saturated carbocycles. The number of benzene rings is 1. The van der Waals surface area contributed by atoms with Crippen LogP contribution >= 0.6 is 0 Å². The Bertz CT molecular complexity index is 812. The van der Waals surface area contributed by atoms with Crippen molar-refractivity contribution in [2.75, 3.05) is 0 Å². The molecule has 0 spiro atoms. The van der Waals surface area contributed by atoms with E-state index in [4.69, 9.17) is 14.4 Å². The minimum Gasteiger partial charge on any atom is -0.478 e. The smallest absolute Gasteiger partial charge is 0.335 e. The number of carbonyl (C=O) groups is 1. The summed E-state index contributed by atoms with van der Waals surface area (Å²) in [4.78, 5) is 19.0. The SMILES string of the molecule is Cc1noc(-c2ccnc(Oc3ccc(C(=O)O)cc3)c2)n1. The van der Waals surface area contributed by atoms with Crippen LogP contribution in [-0.4, -0.2) is 26.2 Å². The van der Waals surface area contributed by atoms with Gasteiger partial charge in [-0.2, -0.15) is 4.98 Å². The first-order valence-corrected chi connectivity index (χ1v) is 6.40. The van der Waals surface area contributed by atoms with Crippen molar-refractivity contribution in [3.05, 3.63) is 54.0 Å². The number of carboxylic acids is 1. The molecule has 1 N–H and O–H groups in total. The first kappa shape index (κ1) is 13.7. The molecular formula is C15H11N3O4. The Morgan fingerprint density at radius 3 is 2.64 bits per heavy atom. The third-order valence-corrected chi connectivity index (χ3v) is 2.83. The second-order valence-electron chi connectivity index (χ2n) is 4.46. The first-order chi connectivity index (χ1) is 10.6. The zero-order valence-electron chi connectivity index (χ0n) is 11.6. The zero-order valence-corrected chi connectivity index (χ0v) is 11.6. The topological polar surface area (TPSA) is 98.3 Å². The van der Waals surface area contributed by atoms with Crippen molar-refractivity contribution in [1.82, 2.24) is 15.1 Å². The van der Waals surface area contributed by atoms with E-state index in [1.54, 1.807) is 37.4 Å². The third-order valence-electron chi connectivity index (χ3n) is 2.83. The normalized spacial score (nSPS) is 10.4. The molecule has 0 fully saturated rings. The average molecular weight is 297 g/mol. The molecule has 7 nitrogen and oxygen atoms in total. The molecule has 2 aromatic heterocycles. The summed E-state index contributed by atoms with van der Waals surface area (Å²) in [5.41, 5.74) is 0.878. The number of hydrogen-bond donors (Lipinski definition) is 1. The van der Waals surface area contributed by atoms with Crippen molar-refractivity contribution in [3.63, 3.8) is 0 Å². The summed E-state index contributed by atoms with van der Waals surface area (Å²) in [6, 6.07) is 9.44. The highest BCUT2D eigenvalue weighted by Gasteiger charge is 2.09. The van der Waals surface area contributed by atoms with Crippen molar-refractivity contribution >= 4 is 5.97 Å². The molecule has 1 aromatic carbocycles. The van der Waals surface area contributed by atoms with Crippen LogP contribution in [0, 0.1) is 6.92 Å². The Kier molecular flexibility index (Phi) is 3.53. The molecule has 0 atom stereocenters. The van der Waals surface area contributed by atoms with Crippen molar-refractivity contribution in [3.8, 4) is 23.1 Å². The molecule has 22 heavy (non-hydrogen) atoms. The highest BCUT2D eigenvalue weighted by atomic mass is 16.5. The second-order valence-corrected chi connectivity index (χ2v) is 4.46. The molecule has 0 aliphatic carbocycles. The van der Waals surface area contributed by atoms with Gasteiger partial charge in [0.15, 0.2) is 5.82 Å². The molecule has 0 radical (unpaired) electrons. The number of nitrogens with zero attached hydrogens (tertiary/aromatic N) is 3. The summed E-state index contributed by atoms with van der Waals surface area (Å²) in [7, 11) is 0. The fraction of sp³-hybridized carbons (Fsp3) is 0.0667. The summed E-state index contributed by atoms with van der Waals surface area (Å²) < 4.78 is 10.7. The molecule has 0 saturated heterocycles. The quantitative estimate of drug-likeness (QED) is 0.790. The number of ether oxygens (including phenoxy) is 1. The predicted molar refractivity (Wildman–Crippen MR) is 75.7 cm³/mol. The van der Waals surface area contributed by atoms with Crippen LogP contribution in [0.4, 0.5) is 0 Å². The Morgan fingerprint density at radius 2 is 2.00 bits per heavy atom. The van der Waals surface area contributed by atoms with Gasteiger partial charge in [0.25, 0.3) is 5.89 Å². The molecule has 2 heterocycles. The lowest BCUT2D eigenvalue weighted by Crippen LogP contribution is -1.95. The third kappa shape index (κ3) is 2.93. The van der Waals surface area contributed by atoms with Crippen LogP contribution in [0.3, 0.4) is 0 Å². The Labute approximate surface area is 125 Å². The van der Waals surface area contributed by atoms with Crippen molar-refractivity contribution in [1.29, 1.82) is 0 Å². The number of pyridine rings is 1. The van der Waals surface area contributed by atoms with E-state index in [0.717, 1.165) is 0 Å². The second kappa shape index (κ2) is 5.65. The molecule has 7 heteroatoms. The molecule has 3 rings (SSSR count). The minimum atomic E-state index is -0.988. The van der Waals surface area contributed by atoms with Crippen molar-refractivity contribution < 1.29 is 19.2 Å². The number of rotatable bonds is 4. The number of carboxylic acid groups (broad SMARTS) is 1. The lowest BCUT2D eigenvalue weighted by Gasteiger charge is -2.05. The van der Waals surface area contributed by atoms with Gasteiger partial charge in [-0.05, 0) is 37.3 Å². The van der Waals surface area contributed by atoms with Gasteiger partial charge >= 0.3 is 5.97 Å². The van der Waals surface area contributed by atoms with E-state index < -0.39 is 5.97 Å². The van der Waals surface area contributed by atoms with Gasteiger partial charge in [0.1, 0.15) is 5.75 Å². The van der Waals surface area contributed by atoms with Crippen molar-refractivity contribution in [2.45, 2.75) is 6.92 Å². The fourth-order valence-corrected chi connectivity index (χ4v) is 1.80. The van der Waals surface area contributed by atoms with E-state index in [1.165, 1.54) is 12.1 Å². The van der Waals surface area contributed by atoms with E-state index in [1.807, 2.05) is 0 Å².